The summed E-state index contributed by atoms with van der Waals surface area (Å²) in [5, 5.41) is 12.7. The third-order valence-electron chi connectivity index (χ3n) is 2.84. The molecule has 0 aliphatic rings. The van der Waals surface area contributed by atoms with Gasteiger partial charge in [-0.05, 0) is 44.5 Å². The molecule has 4 heteroatoms. The van der Waals surface area contributed by atoms with E-state index in [1.165, 1.54) is 0 Å². The Bertz CT molecular complexity index is 406. The molecule has 1 unspecified atom stereocenters. The summed E-state index contributed by atoms with van der Waals surface area (Å²) in [5.41, 5.74) is -0.223. The van der Waals surface area contributed by atoms with E-state index in [1.54, 1.807) is 38.1 Å². The normalized spacial score (nSPS) is 13.9. The highest BCUT2D eigenvalue weighted by Gasteiger charge is 2.36. The van der Waals surface area contributed by atoms with Gasteiger partial charge in [-0.15, -0.1) is 0 Å². The standard InChI is InChI=1S/C14H21NO3/c1-4-9-15-14(3,13(17)18-5-2)11-7-6-8-12(16)10-11/h6-8,10,15-16H,4-5,9H2,1-3H3. The molecule has 0 spiro atoms. The summed E-state index contributed by atoms with van der Waals surface area (Å²) in [4.78, 5) is 12.1. The fourth-order valence-corrected chi connectivity index (χ4v) is 1.76. The smallest absolute Gasteiger partial charge is 0.330 e. The Labute approximate surface area is 108 Å². The van der Waals surface area contributed by atoms with E-state index in [1.807, 2.05) is 6.92 Å². The van der Waals surface area contributed by atoms with Gasteiger partial charge in [-0.3, -0.25) is 5.32 Å². The molecule has 0 bridgehead atoms. The number of carbonyl (C=O) groups is 1. The van der Waals surface area contributed by atoms with Gasteiger partial charge in [-0.1, -0.05) is 19.1 Å². The second kappa shape index (κ2) is 6.40. The number of phenolic OH excluding ortho intramolecular Hbond substituents is 1. The quantitative estimate of drug-likeness (QED) is 0.761. The van der Waals surface area contributed by atoms with Crippen LogP contribution in [0.5, 0.6) is 5.75 Å². The molecule has 4 nitrogen and oxygen atoms in total. The number of phenols is 1. The molecule has 0 saturated heterocycles. The van der Waals surface area contributed by atoms with E-state index in [4.69, 9.17) is 4.74 Å². The van der Waals surface area contributed by atoms with Crippen molar-refractivity contribution in [2.45, 2.75) is 32.7 Å². The van der Waals surface area contributed by atoms with Crippen LogP contribution < -0.4 is 5.32 Å². The SMILES string of the molecule is CCCNC(C)(C(=O)OCC)c1cccc(O)c1. The number of esters is 1. The fraction of sp³-hybridized carbons (Fsp3) is 0.500. The number of carbonyl (C=O) groups excluding carboxylic acids is 1. The van der Waals surface area contributed by atoms with E-state index in [9.17, 15) is 9.90 Å². The number of nitrogens with one attached hydrogen (secondary N) is 1. The minimum Gasteiger partial charge on any atom is -0.508 e. The maximum absolute atomic E-state index is 12.1. The van der Waals surface area contributed by atoms with Crippen LogP contribution in [0.2, 0.25) is 0 Å². The number of benzene rings is 1. The summed E-state index contributed by atoms with van der Waals surface area (Å²) in [6.07, 6.45) is 0.911. The monoisotopic (exact) mass is 251 g/mol. The van der Waals surface area contributed by atoms with Gasteiger partial charge in [-0.25, -0.2) is 4.79 Å². The lowest BCUT2D eigenvalue weighted by atomic mass is 9.91. The Morgan fingerprint density at radius 3 is 2.72 bits per heavy atom. The Balaban J connectivity index is 3.06. The summed E-state index contributed by atoms with van der Waals surface area (Å²) >= 11 is 0. The molecule has 0 saturated carbocycles. The first-order chi connectivity index (χ1) is 8.54. The zero-order chi connectivity index (χ0) is 13.6. The molecule has 0 radical (unpaired) electrons. The molecule has 2 N–H and O–H groups in total. The third-order valence-corrected chi connectivity index (χ3v) is 2.84. The zero-order valence-electron chi connectivity index (χ0n) is 11.2. The van der Waals surface area contributed by atoms with E-state index in [0.29, 0.717) is 18.7 Å². The summed E-state index contributed by atoms with van der Waals surface area (Å²) < 4.78 is 5.12. The molecule has 18 heavy (non-hydrogen) atoms. The van der Waals surface area contributed by atoms with Crippen molar-refractivity contribution < 1.29 is 14.6 Å². The summed E-state index contributed by atoms with van der Waals surface area (Å²) in [7, 11) is 0. The molecular weight excluding hydrogens is 230 g/mol. The van der Waals surface area contributed by atoms with Crippen molar-refractivity contribution in [2.24, 2.45) is 0 Å². The maximum atomic E-state index is 12.1. The van der Waals surface area contributed by atoms with Crippen molar-refractivity contribution in [3.63, 3.8) is 0 Å². The van der Waals surface area contributed by atoms with E-state index in [0.717, 1.165) is 6.42 Å². The van der Waals surface area contributed by atoms with Crippen LogP contribution in [0.4, 0.5) is 0 Å². The van der Waals surface area contributed by atoms with Crippen LogP contribution >= 0.6 is 0 Å². The number of hydrogen-bond acceptors (Lipinski definition) is 4. The molecule has 1 rings (SSSR count). The molecule has 0 aromatic heterocycles. The zero-order valence-corrected chi connectivity index (χ0v) is 11.2. The van der Waals surface area contributed by atoms with E-state index < -0.39 is 5.54 Å². The molecule has 1 aromatic carbocycles. The van der Waals surface area contributed by atoms with Crippen LogP contribution in [-0.4, -0.2) is 24.2 Å². The number of ether oxygens (including phenoxy) is 1. The highest BCUT2D eigenvalue weighted by atomic mass is 16.5. The maximum Gasteiger partial charge on any atom is 0.330 e. The van der Waals surface area contributed by atoms with E-state index in [2.05, 4.69) is 5.32 Å². The Kier molecular flexibility index (Phi) is 5.16. The van der Waals surface area contributed by atoms with Gasteiger partial charge in [0.05, 0.1) is 6.61 Å². The summed E-state index contributed by atoms with van der Waals surface area (Å²) in [6, 6.07) is 6.68. The van der Waals surface area contributed by atoms with Crippen LogP contribution in [0.15, 0.2) is 24.3 Å². The second-order valence-corrected chi connectivity index (χ2v) is 4.32. The molecule has 0 fully saturated rings. The Hall–Kier alpha value is -1.55. The molecule has 100 valence electrons. The molecule has 0 amide bonds. The van der Waals surface area contributed by atoms with Crippen LogP contribution in [-0.2, 0) is 15.1 Å². The molecule has 1 atom stereocenters. The Morgan fingerprint density at radius 2 is 2.17 bits per heavy atom. The molecular formula is C14H21NO3. The largest absolute Gasteiger partial charge is 0.508 e. The van der Waals surface area contributed by atoms with Gasteiger partial charge in [-0.2, -0.15) is 0 Å². The van der Waals surface area contributed by atoms with Crippen molar-refractivity contribution >= 4 is 5.97 Å². The van der Waals surface area contributed by atoms with Gasteiger partial charge < -0.3 is 9.84 Å². The number of hydrogen-bond donors (Lipinski definition) is 2. The minimum absolute atomic E-state index is 0.140. The average Bonchev–Trinajstić information content (AvgIpc) is 2.36. The highest BCUT2D eigenvalue weighted by molar-refractivity contribution is 5.82. The fourth-order valence-electron chi connectivity index (χ4n) is 1.76. The van der Waals surface area contributed by atoms with Gasteiger partial charge in [0.1, 0.15) is 11.3 Å². The topological polar surface area (TPSA) is 58.6 Å². The number of aromatic hydroxyl groups is 1. The number of rotatable bonds is 6. The second-order valence-electron chi connectivity index (χ2n) is 4.32. The lowest BCUT2D eigenvalue weighted by molar-refractivity contribution is -0.151. The van der Waals surface area contributed by atoms with Gasteiger partial charge in [0.2, 0.25) is 0 Å². The predicted molar refractivity (Wildman–Crippen MR) is 70.4 cm³/mol. The van der Waals surface area contributed by atoms with Gasteiger partial charge in [0, 0.05) is 0 Å². The van der Waals surface area contributed by atoms with Gasteiger partial charge in [0.15, 0.2) is 0 Å². The summed E-state index contributed by atoms with van der Waals surface area (Å²) in [5.74, 6) is -0.189. The van der Waals surface area contributed by atoms with Crippen LogP contribution in [0.3, 0.4) is 0 Å². The Morgan fingerprint density at radius 1 is 1.44 bits per heavy atom. The average molecular weight is 251 g/mol. The van der Waals surface area contributed by atoms with Crippen LogP contribution in [0.1, 0.15) is 32.8 Å². The highest BCUT2D eigenvalue weighted by Crippen LogP contribution is 2.25. The van der Waals surface area contributed by atoms with Crippen LogP contribution in [0.25, 0.3) is 0 Å². The molecule has 0 aliphatic carbocycles. The lowest BCUT2D eigenvalue weighted by Crippen LogP contribution is -2.48. The summed E-state index contributed by atoms with van der Waals surface area (Å²) in [6.45, 7) is 6.61. The van der Waals surface area contributed by atoms with Crippen molar-refractivity contribution in [1.29, 1.82) is 0 Å². The van der Waals surface area contributed by atoms with Crippen molar-refractivity contribution in [2.75, 3.05) is 13.2 Å². The predicted octanol–water partition coefficient (Wildman–Crippen LogP) is 2.17. The van der Waals surface area contributed by atoms with Crippen LogP contribution in [0, 0.1) is 0 Å². The molecule has 1 aromatic rings. The molecule has 0 aliphatic heterocycles. The van der Waals surface area contributed by atoms with E-state index >= 15 is 0 Å². The molecule has 0 heterocycles. The van der Waals surface area contributed by atoms with Gasteiger partial charge >= 0.3 is 5.97 Å². The van der Waals surface area contributed by atoms with Crippen molar-refractivity contribution in [1.82, 2.24) is 5.32 Å². The lowest BCUT2D eigenvalue weighted by Gasteiger charge is -2.29. The van der Waals surface area contributed by atoms with Crippen molar-refractivity contribution in [3.8, 4) is 5.75 Å². The first kappa shape index (κ1) is 14.5. The first-order valence-electron chi connectivity index (χ1n) is 6.26. The first-order valence-corrected chi connectivity index (χ1v) is 6.26. The van der Waals surface area contributed by atoms with E-state index in [-0.39, 0.29) is 11.7 Å². The minimum atomic E-state index is -0.926. The third kappa shape index (κ3) is 3.23. The van der Waals surface area contributed by atoms with Crippen molar-refractivity contribution in [3.05, 3.63) is 29.8 Å². The van der Waals surface area contributed by atoms with Gasteiger partial charge in [0.25, 0.3) is 0 Å².